The minimum Gasteiger partial charge on any atom is -0.490 e. The van der Waals surface area contributed by atoms with E-state index in [1.54, 1.807) is 37.3 Å². The van der Waals surface area contributed by atoms with Crippen LogP contribution >= 0.6 is 11.6 Å². The minimum absolute atomic E-state index is 0.167. The third kappa shape index (κ3) is 4.80. The molecule has 1 heterocycles. The monoisotopic (exact) mass is 471 g/mol. The second-order valence-electron chi connectivity index (χ2n) is 7.52. The summed E-state index contributed by atoms with van der Waals surface area (Å²) in [6, 6.07) is 22.1. The average molecular weight is 472 g/mol. The topological polar surface area (TPSA) is 74.9 Å². The third-order valence-electron chi connectivity index (χ3n) is 5.22. The molecule has 0 aromatic heterocycles. The van der Waals surface area contributed by atoms with Crippen LogP contribution in [-0.4, -0.2) is 18.2 Å². The molecule has 0 bridgehead atoms. The first-order valence-corrected chi connectivity index (χ1v) is 11.1. The van der Waals surface area contributed by atoms with Crippen LogP contribution < -0.4 is 14.5 Å². The maximum atomic E-state index is 13.0. The van der Waals surface area contributed by atoms with Gasteiger partial charge in [0.2, 0.25) is 0 Å². The first kappa shape index (κ1) is 23.1. The summed E-state index contributed by atoms with van der Waals surface area (Å²) in [6.45, 7) is 4.23. The average Bonchev–Trinajstić information content (AvgIpc) is 3.13. The molecule has 170 valence electrons. The zero-order valence-corrected chi connectivity index (χ0v) is 19.5. The van der Waals surface area contributed by atoms with E-state index in [0.29, 0.717) is 51.2 Å². The van der Waals surface area contributed by atoms with Crippen LogP contribution in [0.2, 0.25) is 5.02 Å². The van der Waals surface area contributed by atoms with Gasteiger partial charge in [0.05, 0.1) is 40.2 Å². The lowest BCUT2D eigenvalue weighted by atomic mass is 10.1. The van der Waals surface area contributed by atoms with E-state index in [9.17, 15) is 10.1 Å². The fourth-order valence-corrected chi connectivity index (χ4v) is 3.85. The number of hydrazone groups is 1. The highest BCUT2D eigenvalue weighted by atomic mass is 35.5. The molecule has 0 spiro atoms. The number of hydrogen-bond donors (Lipinski definition) is 0. The summed E-state index contributed by atoms with van der Waals surface area (Å²) >= 11 is 6.57. The summed E-state index contributed by atoms with van der Waals surface area (Å²) < 4.78 is 11.7. The molecule has 0 saturated heterocycles. The van der Waals surface area contributed by atoms with Crippen molar-refractivity contribution < 1.29 is 14.3 Å². The van der Waals surface area contributed by atoms with Crippen LogP contribution in [0.25, 0.3) is 6.08 Å². The SMILES string of the molecule is CCOc1cc(/C=C2/C(=O)N(c3ccccc3)N=C2C)cc(Cl)c1OCc1ccccc1C#N. The summed E-state index contributed by atoms with van der Waals surface area (Å²) in [4.78, 5) is 13.0. The third-order valence-corrected chi connectivity index (χ3v) is 5.50. The quantitative estimate of drug-likeness (QED) is 0.396. The Labute approximate surface area is 203 Å². The van der Waals surface area contributed by atoms with Crippen molar-refractivity contribution in [3.05, 3.63) is 94.0 Å². The van der Waals surface area contributed by atoms with Crippen LogP contribution in [0.4, 0.5) is 5.69 Å². The highest BCUT2D eigenvalue weighted by Gasteiger charge is 2.28. The number of carbonyl (C=O) groups excluding carboxylic acids is 1. The number of para-hydroxylation sites is 1. The molecule has 0 unspecified atom stereocenters. The lowest BCUT2D eigenvalue weighted by Gasteiger charge is -2.15. The maximum absolute atomic E-state index is 13.0. The summed E-state index contributed by atoms with van der Waals surface area (Å²) in [7, 11) is 0. The Balaban J connectivity index is 1.63. The molecule has 0 radical (unpaired) electrons. The molecule has 1 amide bonds. The number of rotatable bonds is 7. The van der Waals surface area contributed by atoms with E-state index in [4.69, 9.17) is 21.1 Å². The van der Waals surface area contributed by atoms with Crippen LogP contribution in [-0.2, 0) is 11.4 Å². The number of hydrogen-bond acceptors (Lipinski definition) is 5. The van der Waals surface area contributed by atoms with E-state index < -0.39 is 0 Å². The van der Waals surface area contributed by atoms with Crippen LogP contribution in [0.3, 0.4) is 0 Å². The predicted molar refractivity (Wildman–Crippen MR) is 133 cm³/mol. The standard InChI is InChI=1S/C27H22ClN3O3/c1-3-33-25-15-19(13-23-18(2)30-31(27(23)32)22-11-5-4-6-12-22)14-24(28)26(25)34-17-21-10-8-7-9-20(21)16-29/h4-15H,3,17H2,1-2H3/b23-13+. The van der Waals surface area contributed by atoms with Crippen LogP contribution in [0.5, 0.6) is 11.5 Å². The molecule has 1 aliphatic rings. The summed E-state index contributed by atoms with van der Waals surface area (Å²) in [5, 5.41) is 15.4. The Kier molecular flexibility index (Phi) is 6.95. The van der Waals surface area contributed by atoms with E-state index in [2.05, 4.69) is 11.2 Å². The maximum Gasteiger partial charge on any atom is 0.280 e. The first-order chi connectivity index (χ1) is 16.5. The number of anilines is 1. The van der Waals surface area contributed by atoms with Crippen molar-refractivity contribution in [2.24, 2.45) is 5.10 Å². The van der Waals surface area contributed by atoms with E-state index in [1.165, 1.54) is 5.01 Å². The number of amides is 1. The Morgan fingerprint density at radius 1 is 1.09 bits per heavy atom. The van der Waals surface area contributed by atoms with Crippen molar-refractivity contribution in [3.8, 4) is 17.6 Å². The van der Waals surface area contributed by atoms with Gasteiger partial charge in [0, 0.05) is 5.56 Å². The van der Waals surface area contributed by atoms with Crippen molar-refractivity contribution in [1.29, 1.82) is 5.26 Å². The van der Waals surface area contributed by atoms with Gasteiger partial charge in [0.25, 0.3) is 5.91 Å². The number of carbonyl (C=O) groups is 1. The number of ether oxygens (including phenoxy) is 2. The van der Waals surface area contributed by atoms with Gasteiger partial charge in [-0.05, 0) is 55.8 Å². The van der Waals surface area contributed by atoms with Gasteiger partial charge in [-0.2, -0.15) is 15.4 Å². The Bertz CT molecular complexity index is 1330. The fraction of sp³-hybridized carbons (Fsp3) is 0.148. The van der Waals surface area contributed by atoms with Gasteiger partial charge in [0.1, 0.15) is 6.61 Å². The van der Waals surface area contributed by atoms with Crippen molar-refractivity contribution >= 4 is 35.0 Å². The van der Waals surface area contributed by atoms with Gasteiger partial charge in [-0.25, -0.2) is 0 Å². The Morgan fingerprint density at radius 3 is 2.56 bits per heavy atom. The summed E-state index contributed by atoms with van der Waals surface area (Å²) in [5.41, 5.74) is 3.75. The van der Waals surface area contributed by atoms with Gasteiger partial charge in [-0.1, -0.05) is 48.0 Å². The number of benzene rings is 3. The molecule has 0 atom stereocenters. The lowest BCUT2D eigenvalue weighted by Crippen LogP contribution is -2.21. The largest absolute Gasteiger partial charge is 0.490 e. The molecule has 0 aliphatic carbocycles. The Morgan fingerprint density at radius 2 is 1.82 bits per heavy atom. The van der Waals surface area contributed by atoms with Crippen molar-refractivity contribution in [1.82, 2.24) is 0 Å². The van der Waals surface area contributed by atoms with Crippen molar-refractivity contribution in [2.75, 3.05) is 11.6 Å². The minimum atomic E-state index is -0.216. The molecule has 3 aromatic carbocycles. The fourth-order valence-electron chi connectivity index (χ4n) is 3.57. The second-order valence-corrected chi connectivity index (χ2v) is 7.92. The molecule has 3 aromatic rings. The molecule has 7 heteroatoms. The highest BCUT2D eigenvalue weighted by molar-refractivity contribution is 6.33. The van der Waals surface area contributed by atoms with Crippen molar-refractivity contribution in [2.45, 2.75) is 20.5 Å². The molecule has 0 N–H and O–H groups in total. The van der Waals surface area contributed by atoms with E-state index in [0.717, 1.165) is 5.56 Å². The summed E-state index contributed by atoms with van der Waals surface area (Å²) in [5.74, 6) is 0.620. The normalized spacial score (nSPS) is 14.2. The lowest BCUT2D eigenvalue weighted by molar-refractivity contribution is -0.114. The van der Waals surface area contributed by atoms with E-state index in [-0.39, 0.29) is 12.5 Å². The first-order valence-electron chi connectivity index (χ1n) is 10.8. The van der Waals surface area contributed by atoms with Crippen LogP contribution in [0.1, 0.15) is 30.5 Å². The van der Waals surface area contributed by atoms with Crippen molar-refractivity contribution in [3.63, 3.8) is 0 Å². The molecule has 0 saturated carbocycles. The van der Waals surface area contributed by atoms with E-state index in [1.807, 2.05) is 49.4 Å². The van der Waals surface area contributed by atoms with Gasteiger partial charge < -0.3 is 9.47 Å². The van der Waals surface area contributed by atoms with Gasteiger partial charge in [-0.3, -0.25) is 4.79 Å². The molecule has 4 rings (SSSR count). The molecule has 6 nitrogen and oxygen atoms in total. The number of nitrogens with zero attached hydrogens (tertiary/aromatic N) is 3. The molecule has 0 fully saturated rings. The van der Waals surface area contributed by atoms with Crippen LogP contribution in [0, 0.1) is 11.3 Å². The molecular weight excluding hydrogens is 450 g/mol. The summed E-state index contributed by atoms with van der Waals surface area (Å²) in [6.07, 6.45) is 1.74. The number of nitriles is 1. The smallest absolute Gasteiger partial charge is 0.280 e. The predicted octanol–water partition coefficient (Wildman–Crippen LogP) is 6.00. The second kappa shape index (κ2) is 10.2. The number of halogens is 1. The zero-order valence-electron chi connectivity index (χ0n) is 18.8. The molecule has 1 aliphatic heterocycles. The Hall–Kier alpha value is -4.08. The van der Waals surface area contributed by atoms with Crippen LogP contribution in [0.15, 0.2) is 77.4 Å². The highest BCUT2D eigenvalue weighted by Crippen LogP contribution is 2.38. The zero-order chi connectivity index (χ0) is 24.1. The van der Waals surface area contributed by atoms with Gasteiger partial charge in [-0.15, -0.1) is 0 Å². The van der Waals surface area contributed by atoms with E-state index >= 15 is 0 Å². The van der Waals surface area contributed by atoms with Gasteiger partial charge in [0.15, 0.2) is 11.5 Å². The molecule has 34 heavy (non-hydrogen) atoms. The van der Waals surface area contributed by atoms with Gasteiger partial charge >= 0.3 is 0 Å². The molecular formula is C27H22ClN3O3.